The van der Waals surface area contributed by atoms with Crippen LogP contribution in [0.25, 0.3) is 11.5 Å². The first-order chi connectivity index (χ1) is 12.2. The van der Waals surface area contributed by atoms with E-state index in [9.17, 15) is 0 Å². The van der Waals surface area contributed by atoms with Crippen molar-refractivity contribution in [1.82, 2.24) is 9.78 Å². The molecule has 130 valence electrons. The lowest BCUT2D eigenvalue weighted by atomic mass is 10.2. The summed E-state index contributed by atoms with van der Waals surface area (Å²) in [5.74, 6) is 1.36. The van der Waals surface area contributed by atoms with Crippen LogP contribution in [0.5, 0.6) is 5.75 Å². The van der Waals surface area contributed by atoms with Gasteiger partial charge in [-0.2, -0.15) is 4.68 Å². The normalized spacial score (nSPS) is 20.0. The van der Waals surface area contributed by atoms with Gasteiger partial charge in [-0.15, -0.1) is 16.4 Å². The summed E-state index contributed by atoms with van der Waals surface area (Å²) in [4.78, 5) is 3.36. The van der Waals surface area contributed by atoms with E-state index in [1.54, 1.807) is 7.11 Å². The zero-order valence-electron chi connectivity index (χ0n) is 14.0. The number of aromatic nitrogens is 2. The maximum atomic E-state index is 5.73. The van der Waals surface area contributed by atoms with E-state index in [0.29, 0.717) is 16.8 Å². The molecule has 0 aliphatic carbocycles. The Kier molecular flexibility index (Phi) is 4.70. The number of rotatable bonds is 5. The smallest absolute Gasteiger partial charge is 0.292 e. The Balaban J connectivity index is 1.55. The van der Waals surface area contributed by atoms with E-state index in [2.05, 4.69) is 22.6 Å². The molecule has 1 fully saturated rings. The van der Waals surface area contributed by atoms with E-state index in [0.717, 1.165) is 24.5 Å². The molecule has 25 heavy (non-hydrogen) atoms. The van der Waals surface area contributed by atoms with Crippen LogP contribution in [0.1, 0.15) is 23.8 Å². The van der Waals surface area contributed by atoms with Crippen molar-refractivity contribution in [2.45, 2.75) is 25.6 Å². The van der Waals surface area contributed by atoms with Crippen LogP contribution in [0.15, 0.2) is 46.2 Å². The van der Waals surface area contributed by atoms with E-state index in [1.165, 1.54) is 22.6 Å². The molecule has 0 saturated carbocycles. The van der Waals surface area contributed by atoms with Crippen LogP contribution >= 0.6 is 23.6 Å². The minimum Gasteiger partial charge on any atom is -0.497 e. The third-order valence-corrected chi connectivity index (χ3v) is 5.95. The zero-order chi connectivity index (χ0) is 17.2. The SMILES string of the molecule is COc1ccc(-c2nn(C[NH+]3CCC[C@H]3c3cccs3)c(=S)o2)cc1. The van der Waals surface area contributed by atoms with Gasteiger partial charge < -0.3 is 14.1 Å². The van der Waals surface area contributed by atoms with E-state index in [-0.39, 0.29) is 0 Å². The van der Waals surface area contributed by atoms with Crippen LogP contribution in [0.3, 0.4) is 0 Å². The van der Waals surface area contributed by atoms with E-state index >= 15 is 0 Å². The molecule has 1 aliphatic heterocycles. The Morgan fingerprint density at radius 2 is 2.20 bits per heavy atom. The summed E-state index contributed by atoms with van der Waals surface area (Å²) in [6, 6.07) is 12.5. The highest BCUT2D eigenvalue weighted by Gasteiger charge is 2.31. The molecule has 0 bridgehead atoms. The molecule has 2 aromatic heterocycles. The Labute approximate surface area is 155 Å². The molecule has 1 aliphatic rings. The standard InChI is InChI=1S/C18H19N3O2S2/c1-22-14-8-6-13(7-9-14)17-19-21(18(24)23-17)12-20-10-2-4-15(20)16-5-3-11-25-16/h3,5-9,11,15H,2,4,10,12H2,1H3/p+1/t15-/m0/s1. The predicted octanol–water partition coefficient (Wildman–Crippen LogP) is 3.32. The molecule has 1 unspecified atom stereocenters. The second-order valence-electron chi connectivity index (χ2n) is 6.18. The number of methoxy groups -OCH3 is 1. The lowest BCUT2D eigenvalue weighted by molar-refractivity contribution is -0.941. The number of ether oxygens (including phenoxy) is 1. The highest BCUT2D eigenvalue weighted by molar-refractivity contribution is 7.71. The van der Waals surface area contributed by atoms with Gasteiger partial charge in [0.25, 0.3) is 4.84 Å². The fraction of sp³-hybridized carbons (Fsp3) is 0.333. The minimum absolute atomic E-state index is 0.426. The molecule has 3 heterocycles. The molecule has 3 aromatic rings. The van der Waals surface area contributed by atoms with Crippen molar-refractivity contribution < 1.29 is 14.1 Å². The number of thiophene rings is 1. The van der Waals surface area contributed by atoms with Gasteiger partial charge in [0.15, 0.2) is 6.67 Å². The molecule has 1 saturated heterocycles. The Bertz CT molecular complexity index is 884. The monoisotopic (exact) mass is 374 g/mol. The largest absolute Gasteiger partial charge is 0.497 e. The Morgan fingerprint density at radius 1 is 1.36 bits per heavy atom. The molecule has 7 heteroatoms. The fourth-order valence-corrected chi connectivity index (χ4v) is 4.49. The van der Waals surface area contributed by atoms with Crippen molar-refractivity contribution in [3.05, 3.63) is 51.5 Å². The molecular weight excluding hydrogens is 354 g/mol. The first kappa shape index (κ1) is 16.5. The summed E-state index contributed by atoms with van der Waals surface area (Å²) in [5, 5.41) is 6.75. The van der Waals surface area contributed by atoms with Crippen LogP contribution in [0.4, 0.5) is 0 Å². The van der Waals surface area contributed by atoms with Crippen LogP contribution in [0.2, 0.25) is 0 Å². The molecule has 0 radical (unpaired) electrons. The number of hydrogen-bond donors (Lipinski definition) is 1. The molecule has 4 rings (SSSR count). The van der Waals surface area contributed by atoms with Gasteiger partial charge in [-0.1, -0.05) is 6.07 Å². The number of hydrogen-bond acceptors (Lipinski definition) is 5. The first-order valence-electron chi connectivity index (χ1n) is 8.35. The minimum atomic E-state index is 0.426. The van der Waals surface area contributed by atoms with Crippen molar-refractivity contribution in [2.24, 2.45) is 0 Å². The van der Waals surface area contributed by atoms with Gasteiger partial charge in [0.2, 0.25) is 5.89 Å². The van der Waals surface area contributed by atoms with Gasteiger partial charge in [-0.3, -0.25) is 0 Å². The highest BCUT2D eigenvalue weighted by Crippen LogP contribution is 2.24. The fourth-order valence-electron chi connectivity index (χ4n) is 3.38. The van der Waals surface area contributed by atoms with E-state index in [1.807, 2.05) is 40.3 Å². The lowest BCUT2D eigenvalue weighted by Gasteiger charge is -2.19. The number of quaternary nitrogens is 1. The van der Waals surface area contributed by atoms with E-state index in [4.69, 9.17) is 21.4 Å². The molecule has 1 aromatic carbocycles. The summed E-state index contributed by atoms with van der Waals surface area (Å²) in [5.41, 5.74) is 0.900. The van der Waals surface area contributed by atoms with Crippen molar-refractivity contribution >= 4 is 23.6 Å². The van der Waals surface area contributed by atoms with Crippen molar-refractivity contribution in [1.29, 1.82) is 0 Å². The Hall–Kier alpha value is -1.96. The van der Waals surface area contributed by atoms with Gasteiger partial charge >= 0.3 is 0 Å². The highest BCUT2D eigenvalue weighted by atomic mass is 32.1. The first-order valence-corrected chi connectivity index (χ1v) is 9.64. The van der Waals surface area contributed by atoms with E-state index < -0.39 is 0 Å². The Morgan fingerprint density at radius 3 is 2.92 bits per heavy atom. The number of likely N-dealkylation sites (tertiary alicyclic amines) is 1. The predicted molar refractivity (Wildman–Crippen MR) is 99.4 cm³/mol. The summed E-state index contributed by atoms with van der Waals surface area (Å²) in [6.07, 6.45) is 2.45. The van der Waals surface area contributed by atoms with Gasteiger partial charge in [0.1, 0.15) is 11.8 Å². The maximum Gasteiger partial charge on any atom is 0.292 e. The van der Waals surface area contributed by atoms with Gasteiger partial charge in [0.05, 0.1) is 18.5 Å². The van der Waals surface area contributed by atoms with Gasteiger partial charge in [-0.05, 0) is 47.9 Å². The summed E-state index contributed by atoms with van der Waals surface area (Å²) in [7, 11) is 1.65. The molecule has 2 atom stereocenters. The topological polar surface area (TPSA) is 44.6 Å². The summed E-state index contributed by atoms with van der Waals surface area (Å²) >= 11 is 7.23. The molecule has 1 N–H and O–H groups in total. The second kappa shape index (κ2) is 7.11. The van der Waals surface area contributed by atoms with Gasteiger partial charge in [-0.25, -0.2) is 0 Å². The number of benzene rings is 1. The number of nitrogens with zero attached hydrogens (tertiary/aromatic N) is 2. The molecule has 0 spiro atoms. The van der Waals surface area contributed by atoms with Crippen LogP contribution in [-0.4, -0.2) is 23.4 Å². The lowest BCUT2D eigenvalue weighted by Crippen LogP contribution is -3.09. The third-order valence-electron chi connectivity index (χ3n) is 4.67. The maximum absolute atomic E-state index is 5.73. The quantitative estimate of drug-likeness (QED) is 0.696. The second-order valence-corrected chi connectivity index (χ2v) is 7.51. The molecule has 0 amide bonds. The summed E-state index contributed by atoms with van der Waals surface area (Å²) < 4.78 is 12.7. The van der Waals surface area contributed by atoms with Gasteiger partial charge in [0, 0.05) is 18.4 Å². The third kappa shape index (κ3) is 3.40. The van der Waals surface area contributed by atoms with Crippen molar-refractivity contribution in [3.63, 3.8) is 0 Å². The number of nitrogens with one attached hydrogen (secondary N) is 1. The average molecular weight is 375 g/mol. The van der Waals surface area contributed by atoms with Crippen LogP contribution < -0.4 is 9.64 Å². The zero-order valence-corrected chi connectivity index (χ0v) is 15.6. The summed E-state index contributed by atoms with van der Waals surface area (Å²) in [6.45, 7) is 1.87. The van der Waals surface area contributed by atoms with Crippen LogP contribution in [0, 0.1) is 4.84 Å². The average Bonchev–Trinajstić information content (AvgIpc) is 3.37. The van der Waals surface area contributed by atoms with Crippen molar-refractivity contribution in [3.8, 4) is 17.2 Å². The molecule has 5 nitrogen and oxygen atoms in total. The molecular formula is C18H20N3O2S2+. The van der Waals surface area contributed by atoms with Crippen molar-refractivity contribution in [2.75, 3.05) is 13.7 Å². The van der Waals surface area contributed by atoms with Crippen LogP contribution in [-0.2, 0) is 6.67 Å².